The lowest BCUT2D eigenvalue weighted by molar-refractivity contribution is -0.192. The van der Waals surface area contributed by atoms with Crippen molar-refractivity contribution < 1.29 is 23.1 Å². The minimum absolute atomic E-state index is 0.848. The first-order valence-electron chi connectivity index (χ1n) is 11.1. The van der Waals surface area contributed by atoms with Gasteiger partial charge in [-0.2, -0.15) is 18.3 Å². The number of hydrogen-bond donors (Lipinski definition) is 1. The molecule has 1 fully saturated rings. The summed E-state index contributed by atoms with van der Waals surface area (Å²) in [6.07, 6.45) is 0.871. The Hall–Kier alpha value is -3.51. The molecule has 35 heavy (non-hydrogen) atoms. The summed E-state index contributed by atoms with van der Waals surface area (Å²) in [5, 5.41) is 11.7. The Morgan fingerprint density at radius 1 is 1.00 bits per heavy atom. The molecule has 0 bridgehead atoms. The molecule has 4 heterocycles. The molecular weight excluding hydrogens is 463 g/mol. The van der Waals surface area contributed by atoms with Crippen molar-refractivity contribution in [1.29, 1.82) is 0 Å². The molecule has 0 saturated carbocycles. The molecule has 2 aromatic heterocycles. The Kier molecular flexibility index (Phi) is 7.31. The van der Waals surface area contributed by atoms with Crippen LogP contribution in [-0.4, -0.2) is 80.0 Å². The van der Waals surface area contributed by atoms with Gasteiger partial charge in [0.25, 0.3) is 0 Å². The van der Waals surface area contributed by atoms with Crippen molar-refractivity contribution in [1.82, 2.24) is 29.5 Å². The van der Waals surface area contributed by atoms with E-state index in [0.717, 1.165) is 63.0 Å². The fourth-order valence-corrected chi connectivity index (χ4v) is 3.98. The van der Waals surface area contributed by atoms with Gasteiger partial charge in [0, 0.05) is 69.3 Å². The van der Waals surface area contributed by atoms with E-state index < -0.39 is 12.1 Å². The maximum absolute atomic E-state index is 10.6. The van der Waals surface area contributed by atoms with Gasteiger partial charge in [-0.05, 0) is 19.2 Å². The van der Waals surface area contributed by atoms with E-state index in [0.29, 0.717) is 0 Å². The quantitative estimate of drug-likeness (QED) is 0.598. The van der Waals surface area contributed by atoms with E-state index in [2.05, 4.69) is 65.8 Å². The van der Waals surface area contributed by atoms with E-state index in [4.69, 9.17) is 9.90 Å². The van der Waals surface area contributed by atoms with Crippen LogP contribution < -0.4 is 4.90 Å². The van der Waals surface area contributed by atoms with Gasteiger partial charge in [0.1, 0.15) is 0 Å². The second kappa shape index (κ2) is 10.4. The number of aliphatic carboxylic acids is 1. The number of rotatable bonds is 4. The zero-order chi connectivity index (χ0) is 25.0. The summed E-state index contributed by atoms with van der Waals surface area (Å²) in [4.78, 5) is 25.2. The summed E-state index contributed by atoms with van der Waals surface area (Å²) >= 11 is 0. The first kappa shape index (κ1) is 24.6. The van der Waals surface area contributed by atoms with Crippen LogP contribution in [0.15, 0.2) is 48.9 Å². The molecule has 2 aliphatic rings. The summed E-state index contributed by atoms with van der Waals surface area (Å²) in [5.41, 5.74) is 4.85. The van der Waals surface area contributed by atoms with Crippen LogP contribution in [-0.2, 0) is 24.4 Å². The number of para-hydroxylation sites is 1. The second-order valence-electron chi connectivity index (χ2n) is 8.49. The number of carboxylic acids is 1. The number of likely N-dealkylation sites (N-methyl/N-ethyl adjacent to an activating group) is 1. The Balaban J connectivity index is 0.000000364. The van der Waals surface area contributed by atoms with Crippen LogP contribution in [0.1, 0.15) is 16.8 Å². The van der Waals surface area contributed by atoms with E-state index in [1.54, 1.807) is 0 Å². The molecule has 1 aromatic carbocycles. The Morgan fingerprint density at radius 2 is 1.63 bits per heavy atom. The first-order chi connectivity index (χ1) is 16.7. The number of benzene rings is 1. The highest BCUT2D eigenvalue weighted by Gasteiger charge is 2.38. The molecule has 0 spiro atoms. The molecule has 186 valence electrons. The number of anilines is 1. The Bertz CT molecular complexity index is 1130. The third kappa shape index (κ3) is 6.14. The average Bonchev–Trinajstić information content (AvgIpc) is 3.41. The van der Waals surface area contributed by atoms with Gasteiger partial charge in [-0.15, -0.1) is 0 Å². The standard InChI is InChI=1S/C21H25N7.C2HF3O2/c1-25-7-9-27(10-8-25)21-22-11-17(12-23-21)14-26-15-18-13-24-28(20(18)16-26)19-5-3-2-4-6-19;3-2(4,5)1(6)7/h2-6,11-13H,7-10,14-16H2,1H3;(H,6,7). The van der Waals surface area contributed by atoms with Gasteiger partial charge in [0.2, 0.25) is 5.95 Å². The van der Waals surface area contributed by atoms with Crippen molar-refractivity contribution in [2.45, 2.75) is 25.8 Å². The molecule has 0 unspecified atom stereocenters. The fourth-order valence-electron chi connectivity index (χ4n) is 3.98. The number of alkyl halides is 3. The third-order valence-corrected chi connectivity index (χ3v) is 5.85. The van der Waals surface area contributed by atoms with E-state index in [9.17, 15) is 13.2 Å². The highest BCUT2D eigenvalue weighted by molar-refractivity contribution is 5.73. The van der Waals surface area contributed by atoms with Crippen LogP contribution in [0.3, 0.4) is 0 Å². The summed E-state index contributed by atoms with van der Waals surface area (Å²) in [7, 11) is 2.16. The number of fused-ring (bicyclic) bond motifs is 1. The van der Waals surface area contributed by atoms with Gasteiger partial charge in [0.05, 0.1) is 17.6 Å². The highest BCUT2D eigenvalue weighted by Crippen LogP contribution is 2.26. The monoisotopic (exact) mass is 489 g/mol. The van der Waals surface area contributed by atoms with Crippen LogP contribution in [0.2, 0.25) is 0 Å². The SMILES string of the molecule is CN1CCN(c2ncc(CN3Cc4cnn(-c5ccccc5)c4C3)cn2)CC1.O=C(O)C(F)(F)F. The molecule has 1 saturated heterocycles. The third-order valence-electron chi connectivity index (χ3n) is 5.85. The van der Waals surface area contributed by atoms with Crippen molar-refractivity contribution in [3.8, 4) is 5.69 Å². The lowest BCUT2D eigenvalue weighted by Gasteiger charge is -2.32. The van der Waals surface area contributed by atoms with Crippen LogP contribution in [0.5, 0.6) is 0 Å². The zero-order valence-electron chi connectivity index (χ0n) is 19.2. The van der Waals surface area contributed by atoms with Crippen molar-refractivity contribution >= 4 is 11.9 Å². The number of piperazine rings is 1. The molecule has 5 rings (SSSR count). The number of carbonyl (C=O) groups is 1. The van der Waals surface area contributed by atoms with E-state index >= 15 is 0 Å². The summed E-state index contributed by atoms with van der Waals surface area (Å²) in [6.45, 7) is 6.78. The van der Waals surface area contributed by atoms with Crippen LogP contribution in [0.4, 0.5) is 19.1 Å². The van der Waals surface area contributed by atoms with Gasteiger partial charge in [-0.1, -0.05) is 18.2 Å². The Labute approximate surface area is 200 Å². The van der Waals surface area contributed by atoms with Crippen molar-refractivity contribution in [2.24, 2.45) is 0 Å². The zero-order valence-corrected chi connectivity index (χ0v) is 19.2. The minimum Gasteiger partial charge on any atom is -0.475 e. The molecule has 0 aliphatic carbocycles. The molecule has 0 atom stereocenters. The minimum atomic E-state index is -5.08. The van der Waals surface area contributed by atoms with Crippen LogP contribution in [0.25, 0.3) is 5.69 Å². The smallest absolute Gasteiger partial charge is 0.475 e. The van der Waals surface area contributed by atoms with Gasteiger partial charge >= 0.3 is 12.1 Å². The Morgan fingerprint density at radius 3 is 2.23 bits per heavy atom. The molecule has 0 amide bonds. The lowest BCUT2D eigenvalue weighted by atomic mass is 10.3. The maximum atomic E-state index is 10.6. The molecule has 1 N–H and O–H groups in total. The van der Waals surface area contributed by atoms with Gasteiger partial charge in [-0.25, -0.2) is 19.4 Å². The molecule has 9 nitrogen and oxygen atoms in total. The van der Waals surface area contributed by atoms with Crippen LogP contribution >= 0.6 is 0 Å². The first-order valence-corrected chi connectivity index (χ1v) is 11.1. The van der Waals surface area contributed by atoms with E-state index in [1.807, 2.05) is 24.7 Å². The second-order valence-corrected chi connectivity index (χ2v) is 8.49. The summed E-state index contributed by atoms with van der Waals surface area (Å²) in [5.74, 6) is -1.91. The summed E-state index contributed by atoms with van der Waals surface area (Å²) < 4.78 is 33.8. The van der Waals surface area contributed by atoms with Gasteiger partial charge < -0.3 is 14.9 Å². The van der Waals surface area contributed by atoms with E-state index in [-0.39, 0.29) is 0 Å². The maximum Gasteiger partial charge on any atom is 0.490 e. The predicted molar refractivity (Wildman–Crippen MR) is 122 cm³/mol. The molecule has 2 aliphatic heterocycles. The number of aromatic nitrogens is 4. The van der Waals surface area contributed by atoms with Gasteiger partial charge in [-0.3, -0.25) is 4.90 Å². The van der Waals surface area contributed by atoms with Crippen molar-refractivity contribution in [3.63, 3.8) is 0 Å². The average molecular weight is 490 g/mol. The molecule has 0 radical (unpaired) electrons. The predicted octanol–water partition coefficient (Wildman–Crippen LogP) is 2.56. The highest BCUT2D eigenvalue weighted by atomic mass is 19.4. The molecule has 3 aromatic rings. The van der Waals surface area contributed by atoms with Gasteiger partial charge in [0.15, 0.2) is 0 Å². The number of carboxylic acid groups (broad SMARTS) is 1. The lowest BCUT2D eigenvalue weighted by Crippen LogP contribution is -2.45. The topological polar surface area (TPSA) is 90.6 Å². The largest absolute Gasteiger partial charge is 0.490 e. The number of halogens is 3. The summed E-state index contributed by atoms with van der Waals surface area (Å²) in [6, 6.07) is 10.3. The van der Waals surface area contributed by atoms with Crippen molar-refractivity contribution in [3.05, 3.63) is 65.7 Å². The van der Waals surface area contributed by atoms with E-state index in [1.165, 1.54) is 11.3 Å². The van der Waals surface area contributed by atoms with Crippen molar-refractivity contribution in [2.75, 3.05) is 38.1 Å². The number of hydrogen-bond acceptors (Lipinski definition) is 7. The molecular formula is C23H26F3N7O2. The van der Waals surface area contributed by atoms with Crippen LogP contribution in [0, 0.1) is 0 Å². The molecule has 12 heteroatoms. The normalized spacial score (nSPS) is 16.5. The fraction of sp³-hybridized carbons (Fsp3) is 0.391. The number of nitrogens with zero attached hydrogens (tertiary/aromatic N) is 7.